The number of nitrogen functional groups attached to an aromatic ring is 1. The molecule has 1 heterocycles. The molecule has 1 unspecified atom stereocenters. The Labute approximate surface area is 112 Å². The summed E-state index contributed by atoms with van der Waals surface area (Å²) in [6.07, 6.45) is 5.76. The molecular formula is C14H19N3S. The second-order valence-electron chi connectivity index (χ2n) is 4.57. The number of hydrogen-bond acceptors (Lipinski definition) is 4. The number of thioether (sulfide) groups is 1. The van der Waals surface area contributed by atoms with Gasteiger partial charge in [0, 0.05) is 41.1 Å². The monoisotopic (exact) mass is 261 g/mol. The van der Waals surface area contributed by atoms with Crippen LogP contribution in [-0.4, -0.2) is 23.5 Å². The molecule has 2 rings (SSSR count). The summed E-state index contributed by atoms with van der Waals surface area (Å²) in [5.74, 6) is 1.82. The van der Waals surface area contributed by atoms with Crippen LogP contribution in [0.25, 0.3) is 10.8 Å². The smallest absolute Gasteiger partial charge is 0.0422 e. The lowest BCUT2D eigenvalue weighted by molar-refractivity contribution is 0.702. The van der Waals surface area contributed by atoms with Gasteiger partial charge in [-0.1, -0.05) is 6.92 Å². The third-order valence-corrected chi connectivity index (χ3v) is 3.85. The quantitative estimate of drug-likeness (QED) is 0.811. The first-order valence-corrected chi connectivity index (χ1v) is 7.46. The van der Waals surface area contributed by atoms with Gasteiger partial charge >= 0.3 is 0 Å². The number of benzene rings is 1. The second kappa shape index (κ2) is 5.96. The van der Waals surface area contributed by atoms with Crippen LogP contribution in [0.3, 0.4) is 0 Å². The summed E-state index contributed by atoms with van der Waals surface area (Å²) >= 11 is 1.88. The Bertz CT molecular complexity index is 527. The Morgan fingerprint density at radius 2 is 2.17 bits per heavy atom. The summed E-state index contributed by atoms with van der Waals surface area (Å²) in [6, 6.07) is 5.99. The van der Waals surface area contributed by atoms with E-state index < -0.39 is 0 Å². The van der Waals surface area contributed by atoms with Gasteiger partial charge in [-0.2, -0.15) is 11.8 Å². The predicted molar refractivity (Wildman–Crippen MR) is 82.2 cm³/mol. The highest BCUT2D eigenvalue weighted by molar-refractivity contribution is 7.98. The zero-order valence-electron chi connectivity index (χ0n) is 10.8. The van der Waals surface area contributed by atoms with Gasteiger partial charge in [0.15, 0.2) is 0 Å². The molecule has 1 aromatic heterocycles. The normalized spacial score (nSPS) is 12.6. The first kappa shape index (κ1) is 13.0. The van der Waals surface area contributed by atoms with Gasteiger partial charge in [-0.3, -0.25) is 4.98 Å². The van der Waals surface area contributed by atoms with Crippen LogP contribution in [0.2, 0.25) is 0 Å². The van der Waals surface area contributed by atoms with Crippen LogP contribution in [0.4, 0.5) is 11.4 Å². The average molecular weight is 261 g/mol. The van der Waals surface area contributed by atoms with E-state index in [1.807, 2.05) is 36.2 Å². The molecule has 0 aliphatic heterocycles. The number of nitrogens with one attached hydrogen (secondary N) is 1. The largest absolute Gasteiger partial charge is 0.398 e. The number of hydrogen-bond donors (Lipinski definition) is 2. The molecule has 1 atom stereocenters. The minimum atomic E-state index is 0.648. The van der Waals surface area contributed by atoms with Crippen molar-refractivity contribution in [2.45, 2.75) is 6.92 Å². The van der Waals surface area contributed by atoms with Crippen molar-refractivity contribution >= 4 is 33.9 Å². The Morgan fingerprint density at radius 1 is 1.33 bits per heavy atom. The van der Waals surface area contributed by atoms with Crippen molar-refractivity contribution in [3.05, 3.63) is 30.6 Å². The van der Waals surface area contributed by atoms with Crippen LogP contribution < -0.4 is 11.1 Å². The fraction of sp³-hybridized carbons (Fsp3) is 0.357. The van der Waals surface area contributed by atoms with Gasteiger partial charge in [-0.25, -0.2) is 0 Å². The molecule has 1 aromatic carbocycles. The zero-order chi connectivity index (χ0) is 13.0. The number of rotatable bonds is 5. The van der Waals surface area contributed by atoms with Crippen molar-refractivity contribution in [3.8, 4) is 0 Å². The lowest BCUT2D eigenvalue weighted by Crippen LogP contribution is -2.13. The first-order chi connectivity index (χ1) is 8.72. The summed E-state index contributed by atoms with van der Waals surface area (Å²) in [6.45, 7) is 3.23. The highest BCUT2D eigenvalue weighted by atomic mass is 32.2. The third-order valence-electron chi connectivity index (χ3n) is 2.94. The van der Waals surface area contributed by atoms with E-state index in [9.17, 15) is 0 Å². The summed E-state index contributed by atoms with van der Waals surface area (Å²) in [5.41, 5.74) is 7.87. The lowest BCUT2D eigenvalue weighted by atomic mass is 10.1. The van der Waals surface area contributed by atoms with E-state index in [0.717, 1.165) is 28.7 Å². The molecular weight excluding hydrogens is 242 g/mol. The van der Waals surface area contributed by atoms with Gasteiger partial charge in [-0.05, 0) is 36.1 Å². The fourth-order valence-electron chi connectivity index (χ4n) is 1.99. The molecule has 18 heavy (non-hydrogen) atoms. The predicted octanol–water partition coefficient (Wildman–Crippen LogP) is 3.23. The number of nitrogens with zero attached hydrogens (tertiary/aromatic N) is 1. The van der Waals surface area contributed by atoms with Crippen molar-refractivity contribution in [2.75, 3.05) is 29.6 Å². The average Bonchev–Trinajstić information content (AvgIpc) is 2.39. The van der Waals surface area contributed by atoms with Crippen LogP contribution in [0, 0.1) is 5.92 Å². The molecule has 0 aliphatic carbocycles. The Kier molecular flexibility index (Phi) is 4.31. The van der Waals surface area contributed by atoms with E-state index >= 15 is 0 Å². The van der Waals surface area contributed by atoms with E-state index in [1.54, 1.807) is 6.20 Å². The van der Waals surface area contributed by atoms with E-state index in [2.05, 4.69) is 23.5 Å². The molecule has 0 radical (unpaired) electrons. The molecule has 3 nitrogen and oxygen atoms in total. The number of anilines is 2. The molecule has 2 aromatic rings. The Morgan fingerprint density at radius 3 is 2.94 bits per heavy atom. The van der Waals surface area contributed by atoms with Gasteiger partial charge in [-0.15, -0.1) is 0 Å². The molecule has 0 saturated heterocycles. The first-order valence-electron chi connectivity index (χ1n) is 6.07. The molecule has 0 fully saturated rings. The van der Waals surface area contributed by atoms with E-state index in [1.165, 1.54) is 5.75 Å². The van der Waals surface area contributed by atoms with Gasteiger partial charge in [0.2, 0.25) is 0 Å². The van der Waals surface area contributed by atoms with Gasteiger partial charge in [0.05, 0.1) is 0 Å². The molecule has 4 heteroatoms. The highest BCUT2D eigenvalue weighted by Crippen LogP contribution is 2.27. The summed E-state index contributed by atoms with van der Waals surface area (Å²) < 4.78 is 0. The molecule has 0 amide bonds. The molecule has 3 N–H and O–H groups in total. The third kappa shape index (κ3) is 2.88. The Hall–Kier alpha value is -1.42. The van der Waals surface area contributed by atoms with E-state index in [0.29, 0.717) is 5.92 Å². The maximum atomic E-state index is 5.96. The standard InChI is InChI=1S/C14H19N3S/c1-10(9-18-2)7-17-14-4-3-13(15)12-8-16-6-5-11(12)14/h3-6,8,10,17H,7,9,15H2,1-2H3. The van der Waals surface area contributed by atoms with Crippen LogP contribution in [0.15, 0.2) is 30.6 Å². The topological polar surface area (TPSA) is 50.9 Å². The van der Waals surface area contributed by atoms with E-state index in [-0.39, 0.29) is 0 Å². The van der Waals surface area contributed by atoms with Gasteiger partial charge in [0.25, 0.3) is 0 Å². The molecule has 0 aliphatic rings. The summed E-state index contributed by atoms with van der Waals surface area (Å²) in [4.78, 5) is 4.13. The maximum Gasteiger partial charge on any atom is 0.0422 e. The second-order valence-corrected chi connectivity index (χ2v) is 5.48. The van der Waals surface area contributed by atoms with Crippen molar-refractivity contribution in [1.29, 1.82) is 0 Å². The molecule has 0 saturated carbocycles. The summed E-state index contributed by atoms with van der Waals surface area (Å²) in [7, 11) is 0. The summed E-state index contributed by atoms with van der Waals surface area (Å²) in [5, 5.41) is 5.66. The maximum absolute atomic E-state index is 5.96. The van der Waals surface area contributed by atoms with Crippen LogP contribution in [0.5, 0.6) is 0 Å². The molecule has 96 valence electrons. The van der Waals surface area contributed by atoms with Gasteiger partial charge in [0.1, 0.15) is 0 Å². The van der Waals surface area contributed by atoms with Crippen molar-refractivity contribution < 1.29 is 0 Å². The lowest BCUT2D eigenvalue weighted by Gasteiger charge is -2.14. The van der Waals surface area contributed by atoms with Crippen LogP contribution in [-0.2, 0) is 0 Å². The molecule has 0 bridgehead atoms. The van der Waals surface area contributed by atoms with E-state index in [4.69, 9.17) is 5.73 Å². The minimum absolute atomic E-state index is 0.648. The molecule has 0 spiro atoms. The zero-order valence-corrected chi connectivity index (χ0v) is 11.6. The SMILES string of the molecule is CSCC(C)CNc1ccc(N)c2cnccc12. The minimum Gasteiger partial charge on any atom is -0.398 e. The Balaban J connectivity index is 2.21. The van der Waals surface area contributed by atoms with Crippen molar-refractivity contribution in [1.82, 2.24) is 4.98 Å². The van der Waals surface area contributed by atoms with Crippen LogP contribution in [0.1, 0.15) is 6.92 Å². The number of nitrogens with two attached hydrogens (primary N) is 1. The highest BCUT2D eigenvalue weighted by Gasteiger charge is 2.05. The van der Waals surface area contributed by atoms with Crippen LogP contribution >= 0.6 is 11.8 Å². The van der Waals surface area contributed by atoms with Gasteiger partial charge < -0.3 is 11.1 Å². The fourth-order valence-corrected chi connectivity index (χ4v) is 2.68. The number of aromatic nitrogens is 1. The number of fused-ring (bicyclic) bond motifs is 1. The van der Waals surface area contributed by atoms with Crippen molar-refractivity contribution in [3.63, 3.8) is 0 Å². The van der Waals surface area contributed by atoms with Crippen molar-refractivity contribution in [2.24, 2.45) is 5.92 Å². The number of pyridine rings is 1.